The van der Waals surface area contributed by atoms with Crippen LogP contribution in [0.5, 0.6) is 0 Å². The van der Waals surface area contributed by atoms with Crippen LogP contribution in [0.25, 0.3) is 6.08 Å². The average molecular weight is 216 g/mol. The van der Waals surface area contributed by atoms with Crippen LogP contribution in [0.4, 0.5) is 0 Å². The van der Waals surface area contributed by atoms with Crippen molar-refractivity contribution < 1.29 is 9.53 Å². The van der Waals surface area contributed by atoms with Gasteiger partial charge >= 0.3 is 5.97 Å². The molecule has 1 rings (SSSR count). The Kier molecular flexibility index (Phi) is 5.71. The van der Waals surface area contributed by atoms with Gasteiger partial charge in [0.2, 0.25) is 0 Å². The van der Waals surface area contributed by atoms with Crippen LogP contribution in [0, 0.1) is 0 Å². The van der Waals surface area contributed by atoms with Crippen molar-refractivity contribution in [2.45, 2.75) is 13.3 Å². The highest BCUT2D eigenvalue weighted by molar-refractivity contribution is 5.65. The lowest BCUT2D eigenvalue weighted by Crippen LogP contribution is -1.97. The van der Waals surface area contributed by atoms with Gasteiger partial charge in [0.25, 0.3) is 0 Å². The van der Waals surface area contributed by atoms with Gasteiger partial charge < -0.3 is 4.74 Å². The molecule has 2 nitrogen and oxygen atoms in total. The van der Waals surface area contributed by atoms with Crippen LogP contribution in [0.15, 0.2) is 48.6 Å². The summed E-state index contributed by atoms with van der Waals surface area (Å²) < 4.78 is 4.76. The number of esters is 1. The van der Waals surface area contributed by atoms with E-state index in [1.54, 1.807) is 0 Å². The molecule has 84 valence electrons. The van der Waals surface area contributed by atoms with Crippen molar-refractivity contribution in [3.8, 4) is 0 Å². The predicted octanol–water partition coefficient (Wildman–Crippen LogP) is 3.21. The zero-order valence-electron chi connectivity index (χ0n) is 9.43. The maximum absolute atomic E-state index is 10.4. The molecule has 0 fully saturated rings. The largest absolute Gasteiger partial charge is 0.462 e. The Hall–Kier alpha value is -1.83. The third kappa shape index (κ3) is 5.81. The van der Waals surface area contributed by atoms with Gasteiger partial charge in [-0.2, -0.15) is 0 Å². The van der Waals surface area contributed by atoms with Crippen LogP contribution in [-0.2, 0) is 9.53 Å². The quantitative estimate of drug-likeness (QED) is 0.558. The summed E-state index contributed by atoms with van der Waals surface area (Å²) in [4.78, 5) is 10.4. The monoisotopic (exact) mass is 216 g/mol. The first-order valence-electron chi connectivity index (χ1n) is 5.29. The van der Waals surface area contributed by atoms with Crippen LogP contribution in [0.2, 0.25) is 0 Å². The summed E-state index contributed by atoms with van der Waals surface area (Å²) in [6, 6.07) is 10.1. The van der Waals surface area contributed by atoms with Crippen molar-refractivity contribution in [3.63, 3.8) is 0 Å². The molecule has 16 heavy (non-hydrogen) atoms. The Balaban J connectivity index is 2.20. The van der Waals surface area contributed by atoms with E-state index in [-0.39, 0.29) is 5.97 Å². The molecule has 0 radical (unpaired) electrons. The number of benzene rings is 1. The highest BCUT2D eigenvalue weighted by Crippen LogP contribution is 2.01. The molecule has 0 saturated heterocycles. The first-order valence-corrected chi connectivity index (χ1v) is 5.29. The third-order valence-electron chi connectivity index (χ3n) is 1.93. The van der Waals surface area contributed by atoms with E-state index in [4.69, 9.17) is 4.74 Å². The maximum atomic E-state index is 10.4. The molecule has 1 aromatic carbocycles. The summed E-state index contributed by atoms with van der Waals surface area (Å²) in [7, 11) is 0. The summed E-state index contributed by atoms with van der Waals surface area (Å²) >= 11 is 0. The maximum Gasteiger partial charge on any atom is 0.302 e. The number of carbonyl (C=O) groups is 1. The lowest BCUT2D eigenvalue weighted by molar-refractivity contribution is -0.139. The Labute approximate surface area is 96.2 Å². The van der Waals surface area contributed by atoms with Crippen molar-refractivity contribution >= 4 is 12.0 Å². The van der Waals surface area contributed by atoms with E-state index in [1.807, 2.05) is 30.4 Å². The number of hydrogen-bond donors (Lipinski definition) is 0. The number of rotatable bonds is 5. The minimum absolute atomic E-state index is 0.246. The van der Waals surface area contributed by atoms with E-state index >= 15 is 0 Å². The minimum atomic E-state index is -0.246. The Morgan fingerprint density at radius 2 is 1.94 bits per heavy atom. The standard InChI is InChI=1S/C14H16O2/c1-13(15)16-12-8-3-2-5-9-14-10-6-4-7-11-14/h3-11H,2,12H2,1H3/b8-3+,9-5?. The molecule has 0 amide bonds. The molecular weight excluding hydrogens is 200 g/mol. The van der Waals surface area contributed by atoms with Crippen molar-refractivity contribution in [2.75, 3.05) is 6.61 Å². The van der Waals surface area contributed by atoms with Gasteiger partial charge in [0.05, 0.1) is 0 Å². The third-order valence-corrected chi connectivity index (χ3v) is 1.93. The second-order valence-corrected chi connectivity index (χ2v) is 3.32. The smallest absolute Gasteiger partial charge is 0.302 e. The molecule has 2 heteroatoms. The van der Waals surface area contributed by atoms with Gasteiger partial charge in [0.1, 0.15) is 6.61 Å². The van der Waals surface area contributed by atoms with E-state index in [1.165, 1.54) is 12.5 Å². The fraction of sp³-hybridized carbons (Fsp3) is 0.214. The minimum Gasteiger partial charge on any atom is -0.462 e. The molecule has 0 heterocycles. The van der Waals surface area contributed by atoms with Crippen molar-refractivity contribution in [1.82, 2.24) is 0 Å². The van der Waals surface area contributed by atoms with Crippen molar-refractivity contribution in [3.05, 3.63) is 54.1 Å². The van der Waals surface area contributed by atoms with Crippen LogP contribution in [0.3, 0.4) is 0 Å². The number of carbonyl (C=O) groups excluding carboxylic acids is 1. The molecule has 0 saturated carbocycles. The van der Waals surface area contributed by atoms with E-state index < -0.39 is 0 Å². The molecule has 0 aliphatic heterocycles. The molecule has 0 atom stereocenters. The summed E-state index contributed by atoms with van der Waals surface area (Å²) in [5, 5.41) is 0. The Morgan fingerprint density at radius 1 is 1.19 bits per heavy atom. The summed E-state index contributed by atoms with van der Waals surface area (Å²) in [6.45, 7) is 1.76. The molecule has 0 aliphatic carbocycles. The Bertz CT molecular complexity index is 364. The lowest BCUT2D eigenvalue weighted by Gasteiger charge is -1.93. The number of ether oxygens (including phenoxy) is 1. The summed E-state index contributed by atoms with van der Waals surface area (Å²) in [6.07, 6.45) is 8.80. The highest BCUT2D eigenvalue weighted by atomic mass is 16.5. The van der Waals surface area contributed by atoms with Crippen molar-refractivity contribution in [1.29, 1.82) is 0 Å². The fourth-order valence-corrected chi connectivity index (χ4v) is 1.18. The topological polar surface area (TPSA) is 26.3 Å². The normalized spacial score (nSPS) is 11.1. The molecule has 0 spiro atoms. The molecule has 0 bridgehead atoms. The van der Waals surface area contributed by atoms with Gasteiger partial charge in [-0.25, -0.2) is 0 Å². The first kappa shape index (κ1) is 12.2. The van der Waals surface area contributed by atoms with Gasteiger partial charge in [-0.05, 0) is 12.0 Å². The molecule has 0 N–H and O–H groups in total. The number of allylic oxidation sites excluding steroid dienone is 2. The summed E-state index contributed by atoms with van der Waals surface area (Å²) in [5.74, 6) is -0.246. The van der Waals surface area contributed by atoms with E-state index in [9.17, 15) is 4.79 Å². The first-order chi connectivity index (χ1) is 7.79. The molecule has 1 aromatic rings. The van der Waals surface area contributed by atoms with E-state index in [0.29, 0.717) is 6.61 Å². The van der Waals surface area contributed by atoms with Gasteiger partial charge in [-0.1, -0.05) is 54.6 Å². The zero-order valence-corrected chi connectivity index (χ0v) is 9.43. The summed E-state index contributed by atoms with van der Waals surface area (Å²) in [5.41, 5.74) is 1.19. The van der Waals surface area contributed by atoms with Gasteiger partial charge in [-0.3, -0.25) is 4.79 Å². The molecule has 0 aromatic heterocycles. The number of hydrogen-bond acceptors (Lipinski definition) is 2. The van der Waals surface area contributed by atoms with Crippen LogP contribution < -0.4 is 0 Å². The van der Waals surface area contributed by atoms with E-state index in [0.717, 1.165) is 6.42 Å². The SMILES string of the molecule is CC(=O)OC/C=C/CC=Cc1ccccc1. The fourth-order valence-electron chi connectivity index (χ4n) is 1.18. The second-order valence-electron chi connectivity index (χ2n) is 3.32. The molecule has 0 unspecified atom stereocenters. The molecule has 0 aliphatic rings. The predicted molar refractivity (Wildman–Crippen MR) is 65.9 cm³/mol. The lowest BCUT2D eigenvalue weighted by atomic mass is 10.2. The van der Waals surface area contributed by atoms with Crippen molar-refractivity contribution in [2.24, 2.45) is 0 Å². The highest BCUT2D eigenvalue weighted by Gasteiger charge is 1.85. The second kappa shape index (κ2) is 7.46. The van der Waals surface area contributed by atoms with Crippen LogP contribution in [0.1, 0.15) is 18.9 Å². The van der Waals surface area contributed by atoms with E-state index in [2.05, 4.69) is 24.3 Å². The van der Waals surface area contributed by atoms with Crippen LogP contribution >= 0.6 is 0 Å². The Morgan fingerprint density at radius 3 is 2.62 bits per heavy atom. The molecular formula is C14H16O2. The van der Waals surface area contributed by atoms with Gasteiger partial charge in [0.15, 0.2) is 0 Å². The zero-order chi connectivity index (χ0) is 11.6. The van der Waals surface area contributed by atoms with Crippen LogP contribution in [-0.4, -0.2) is 12.6 Å². The van der Waals surface area contributed by atoms with Gasteiger partial charge in [-0.15, -0.1) is 0 Å². The average Bonchev–Trinajstić information content (AvgIpc) is 2.29. The van der Waals surface area contributed by atoms with Gasteiger partial charge in [0, 0.05) is 6.92 Å².